The van der Waals surface area contributed by atoms with E-state index >= 15 is 0 Å². The fourth-order valence-electron chi connectivity index (χ4n) is 1.58. The Morgan fingerprint density at radius 1 is 1.41 bits per heavy atom. The van der Waals surface area contributed by atoms with Gasteiger partial charge in [0.2, 0.25) is 6.23 Å². The van der Waals surface area contributed by atoms with Crippen molar-refractivity contribution in [3.05, 3.63) is 24.3 Å². The molecule has 1 unspecified atom stereocenters. The second-order valence-corrected chi connectivity index (χ2v) is 4.06. The van der Waals surface area contributed by atoms with Gasteiger partial charge >= 0.3 is 0 Å². The lowest BCUT2D eigenvalue weighted by atomic mass is 10.3. The van der Waals surface area contributed by atoms with Crippen LogP contribution in [0, 0.1) is 5.41 Å². The summed E-state index contributed by atoms with van der Waals surface area (Å²) in [5.41, 5.74) is 1.97. The topological polar surface area (TPSA) is 67.0 Å². The van der Waals surface area contributed by atoms with E-state index in [2.05, 4.69) is 10.3 Å². The fraction of sp³-hybridized carbons (Fsp3) is 0.364. The lowest BCUT2D eigenvalue weighted by Gasteiger charge is -2.23. The Hall–Kier alpha value is -1.95. The standard InChI is InChI=1S/C11H15N5O/c1-8(12)11(15(2)3)17-16-10-7-5-4-6-9(10)13-14-16/h4-7,11-12H,1-3H3. The van der Waals surface area contributed by atoms with E-state index in [4.69, 9.17) is 10.2 Å². The van der Waals surface area contributed by atoms with E-state index < -0.39 is 6.23 Å². The number of nitrogens with one attached hydrogen (secondary N) is 1. The summed E-state index contributed by atoms with van der Waals surface area (Å²) in [6, 6.07) is 7.53. The molecule has 1 heterocycles. The first-order chi connectivity index (χ1) is 8.09. The summed E-state index contributed by atoms with van der Waals surface area (Å²) in [4.78, 5) is 8.80. The van der Waals surface area contributed by atoms with Crippen molar-refractivity contribution in [3.8, 4) is 0 Å². The molecule has 0 radical (unpaired) electrons. The van der Waals surface area contributed by atoms with Gasteiger partial charge in [0.1, 0.15) is 11.0 Å². The lowest BCUT2D eigenvalue weighted by Crippen LogP contribution is -2.43. The van der Waals surface area contributed by atoms with Crippen LogP contribution in [0.2, 0.25) is 0 Å². The van der Waals surface area contributed by atoms with Crippen molar-refractivity contribution in [2.75, 3.05) is 14.1 Å². The zero-order valence-electron chi connectivity index (χ0n) is 10.1. The molecule has 2 aromatic rings. The van der Waals surface area contributed by atoms with Crippen LogP contribution in [0.1, 0.15) is 6.92 Å². The molecule has 1 aromatic carbocycles. The first kappa shape index (κ1) is 11.5. The van der Waals surface area contributed by atoms with Crippen LogP contribution in [-0.4, -0.2) is 46.1 Å². The summed E-state index contributed by atoms with van der Waals surface area (Å²) in [6.45, 7) is 1.70. The Kier molecular flexibility index (Phi) is 3.06. The molecule has 1 aromatic heterocycles. The van der Waals surface area contributed by atoms with Gasteiger partial charge in [-0.3, -0.25) is 4.90 Å². The highest BCUT2D eigenvalue weighted by Crippen LogP contribution is 2.09. The molecular weight excluding hydrogens is 218 g/mol. The third-order valence-electron chi connectivity index (χ3n) is 2.36. The highest BCUT2D eigenvalue weighted by Gasteiger charge is 2.17. The molecule has 0 aliphatic carbocycles. The van der Waals surface area contributed by atoms with Gasteiger partial charge in [0.05, 0.1) is 5.71 Å². The number of benzene rings is 1. The van der Waals surface area contributed by atoms with E-state index in [0.717, 1.165) is 11.0 Å². The molecule has 2 rings (SSSR count). The van der Waals surface area contributed by atoms with Crippen molar-refractivity contribution in [1.29, 1.82) is 5.41 Å². The molecule has 0 saturated heterocycles. The number of para-hydroxylation sites is 1. The molecule has 0 fully saturated rings. The molecule has 6 nitrogen and oxygen atoms in total. The number of fused-ring (bicyclic) bond motifs is 1. The van der Waals surface area contributed by atoms with E-state index in [1.807, 2.05) is 38.4 Å². The molecule has 90 valence electrons. The zero-order valence-corrected chi connectivity index (χ0v) is 10.1. The van der Waals surface area contributed by atoms with E-state index in [0.29, 0.717) is 5.71 Å². The van der Waals surface area contributed by atoms with Crippen LogP contribution in [0.4, 0.5) is 0 Å². The van der Waals surface area contributed by atoms with E-state index in [1.165, 1.54) is 4.85 Å². The van der Waals surface area contributed by atoms with Crippen molar-refractivity contribution in [3.63, 3.8) is 0 Å². The van der Waals surface area contributed by atoms with Crippen molar-refractivity contribution in [2.24, 2.45) is 0 Å². The second kappa shape index (κ2) is 4.50. The van der Waals surface area contributed by atoms with Gasteiger partial charge in [-0.25, -0.2) is 0 Å². The molecule has 1 N–H and O–H groups in total. The normalized spacial score (nSPS) is 12.9. The van der Waals surface area contributed by atoms with E-state index in [-0.39, 0.29) is 0 Å². The predicted octanol–water partition coefficient (Wildman–Crippen LogP) is 0.787. The average Bonchev–Trinajstić information content (AvgIpc) is 2.68. The Morgan fingerprint density at radius 3 is 2.76 bits per heavy atom. The molecule has 1 atom stereocenters. The highest BCUT2D eigenvalue weighted by molar-refractivity contribution is 5.83. The summed E-state index contributed by atoms with van der Waals surface area (Å²) < 4.78 is 0. The quantitative estimate of drug-likeness (QED) is 0.626. The van der Waals surface area contributed by atoms with Gasteiger partial charge in [0.15, 0.2) is 0 Å². The molecule has 17 heavy (non-hydrogen) atoms. The maximum atomic E-state index is 7.66. The van der Waals surface area contributed by atoms with Crippen molar-refractivity contribution < 1.29 is 4.84 Å². The molecule has 0 bridgehead atoms. The van der Waals surface area contributed by atoms with Gasteiger partial charge in [-0.1, -0.05) is 17.0 Å². The summed E-state index contributed by atoms with van der Waals surface area (Å²) in [5, 5.41) is 15.6. The summed E-state index contributed by atoms with van der Waals surface area (Å²) in [7, 11) is 3.70. The molecule has 0 aliphatic heterocycles. The maximum absolute atomic E-state index is 7.66. The van der Waals surface area contributed by atoms with Gasteiger partial charge in [-0.05, 0) is 38.4 Å². The molecular formula is C11H15N5O. The third kappa shape index (κ3) is 2.26. The molecule has 0 spiro atoms. The van der Waals surface area contributed by atoms with Crippen LogP contribution < -0.4 is 4.84 Å². The van der Waals surface area contributed by atoms with Crippen LogP contribution in [0.3, 0.4) is 0 Å². The Morgan fingerprint density at radius 2 is 2.12 bits per heavy atom. The van der Waals surface area contributed by atoms with Crippen LogP contribution in [-0.2, 0) is 0 Å². The monoisotopic (exact) mass is 233 g/mol. The highest BCUT2D eigenvalue weighted by atomic mass is 16.7. The van der Waals surface area contributed by atoms with Gasteiger partial charge in [0.25, 0.3) is 0 Å². The Labute approximate surface area is 99.2 Å². The fourth-order valence-corrected chi connectivity index (χ4v) is 1.58. The number of rotatable bonds is 4. The van der Waals surface area contributed by atoms with Crippen LogP contribution in [0.5, 0.6) is 0 Å². The van der Waals surface area contributed by atoms with Crippen molar-refractivity contribution in [2.45, 2.75) is 13.2 Å². The van der Waals surface area contributed by atoms with Crippen LogP contribution in [0.25, 0.3) is 11.0 Å². The minimum Gasteiger partial charge on any atom is -0.369 e. The Bertz CT molecular complexity index is 533. The number of nitrogens with zero attached hydrogens (tertiary/aromatic N) is 4. The second-order valence-electron chi connectivity index (χ2n) is 4.06. The molecule has 0 saturated carbocycles. The zero-order chi connectivity index (χ0) is 12.4. The average molecular weight is 233 g/mol. The molecule has 0 aliphatic rings. The molecule has 6 heteroatoms. The van der Waals surface area contributed by atoms with E-state index in [1.54, 1.807) is 11.8 Å². The summed E-state index contributed by atoms with van der Waals surface area (Å²) in [6.07, 6.45) is -0.444. The van der Waals surface area contributed by atoms with Gasteiger partial charge < -0.3 is 10.2 Å². The summed E-state index contributed by atoms with van der Waals surface area (Å²) >= 11 is 0. The molecule has 0 amide bonds. The predicted molar refractivity (Wildman–Crippen MR) is 65.0 cm³/mol. The Balaban J connectivity index is 2.31. The van der Waals surface area contributed by atoms with Gasteiger partial charge in [0, 0.05) is 0 Å². The van der Waals surface area contributed by atoms with Gasteiger partial charge in [-0.15, -0.1) is 5.10 Å². The smallest absolute Gasteiger partial charge is 0.218 e. The largest absolute Gasteiger partial charge is 0.369 e. The minimum atomic E-state index is -0.444. The number of aromatic nitrogens is 3. The summed E-state index contributed by atoms with van der Waals surface area (Å²) in [5.74, 6) is 0. The lowest BCUT2D eigenvalue weighted by molar-refractivity contribution is -0.0146. The van der Waals surface area contributed by atoms with Gasteiger partial charge in [-0.2, -0.15) is 0 Å². The van der Waals surface area contributed by atoms with E-state index in [9.17, 15) is 0 Å². The minimum absolute atomic E-state index is 0.412. The third-order valence-corrected chi connectivity index (χ3v) is 2.36. The number of hydrogen-bond donors (Lipinski definition) is 1. The first-order valence-electron chi connectivity index (χ1n) is 5.28. The maximum Gasteiger partial charge on any atom is 0.218 e. The van der Waals surface area contributed by atoms with Crippen molar-refractivity contribution >= 4 is 16.7 Å². The van der Waals surface area contributed by atoms with Crippen LogP contribution in [0.15, 0.2) is 24.3 Å². The SMILES string of the molecule is CC(=N)C(On1nnc2ccccc21)N(C)C. The van der Waals surface area contributed by atoms with Crippen LogP contribution >= 0.6 is 0 Å². The first-order valence-corrected chi connectivity index (χ1v) is 5.28. The number of hydrogen-bond acceptors (Lipinski definition) is 5. The van der Waals surface area contributed by atoms with Crippen molar-refractivity contribution in [1.82, 2.24) is 20.1 Å².